The molecule has 0 aliphatic heterocycles. The van der Waals surface area contributed by atoms with Gasteiger partial charge in [0.25, 0.3) is 0 Å². The van der Waals surface area contributed by atoms with Crippen LogP contribution in [0.3, 0.4) is 0 Å². The van der Waals surface area contributed by atoms with Crippen LogP contribution in [0.25, 0.3) is 0 Å². The van der Waals surface area contributed by atoms with Crippen LogP contribution in [0, 0.1) is 11.3 Å². The molecule has 0 unspecified atom stereocenters. The van der Waals surface area contributed by atoms with E-state index in [1.165, 1.54) is 7.11 Å². The molecule has 2 aliphatic rings. The van der Waals surface area contributed by atoms with Gasteiger partial charge in [0.2, 0.25) is 0 Å². The molecule has 3 atom stereocenters. The number of carbonyl (C=O) groups excluding carboxylic acids is 1. The number of ether oxygens (including phenoxy) is 1. The molecule has 20 heavy (non-hydrogen) atoms. The van der Waals surface area contributed by atoms with Crippen molar-refractivity contribution in [3.8, 4) is 0 Å². The Balaban J connectivity index is 2.29. The highest BCUT2D eigenvalue weighted by Crippen LogP contribution is 2.58. The molecular weight excluding hydrogens is 256 g/mol. The number of hydrogen-bond donors (Lipinski definition) is 1. The van der Waals surface area contributed by atoms with E-state index in [4.69, 9.17) is 9.62 Å². The smallest absolute Gasteiger partial charge is 0.333 e. The number of methoxy groups -OCH3 is 1. The zero-order valence-electron chi connectivity index (χ0n) is 12.4. The minimum Gasteiger partial charge on any atom is -0.466 e. The zero-order chi connectivity index (χ0) is 15.0. The van der Waals surface area contributed by atoms with Gasteiger partial charge in [-0.2, -0.15) is 0 Å². The van der Waals surface area contributed by atoms with Gasteiger partial charge in [0.1, 0.15) is 5.60 Å². The first-order chi connectivity index (χ1) is 9.40. The van der Waals surface area contributed by atoms with Gasteiger partial charge in [-0.25, -0.2) is 9.68 Å². The largest absolute Gasteiger partial charge is 0.466 e. The molecule has 2 fully saturated rings. The van der Waals surface area contributed by atoms with Crippen molar-refractivity contribution in [1.29, 1.82) is 0 Å². The van der Waals surface area contributed by atoms with Gasteiger partial charge in [0.15, 0.2) is 0 Å². The highest BCUT2D eigenvalue weighted by molar-refractivity contribution is 5.88. The Morgan fingerprint density at radius 1 is 1.45 bits per heavy atom. The van der Waals surface area contributed by atoms with Gasteiger partial charge in [0.05, 0.1) is 7.11 Å². The molecule has 0 aromatic heterocycles. The lowest BCUT2D eigenvalue weighted by Gasteiger charge is -2.55. The molecule has 2 saturated carbocycles. The summed E-state index contributed by atoms with van der Waals surface area (Å²) in [6.45, 7) is 10.1. The second kappa shape index (κ2) is 5.34. The number of carbonyl (C=O) groups is 1. The molecule has 0 spiro atoms. The van der Waals surface area contributed by atoms with Crippen LogP contribution in [0.15, 0.2) is 24.3 Å². The van der Waals surface area contributed by atoms with Gasteiger partial charge in [-0.15, -0.1) is 0 Å². The standard InChI is InChI=1S/C16H24O4/c1-11-6-5-8-15(3)9-7-13(10-16(11,15)20-18)12(2)14(17)19-4/h13,18H,1-2,5-10H2,3-4H3/t13-,15-,16+/m1/s1. The van der Waals surface area contributed by atoms with E-state index in [2.05, 4.69) is 20.1 Å². The second-order valence-corrected chi connectivity index (χ2v) is 6.39. The fraction of sp³-hybridized carbons (Fsp3) is 0.688. The van der Waals surface area contributed by atoms with Crippen molar-refractivity contribution >= 4 is 5.97 Å². The third-order valence-corrected chi connectivity index (χ3v) is 5.43. The second-order valence-electron chi connectivity index (χ2n) is 6.39. The summed E-state index contributed by atoms with van der Waals surface area (Å²) in [7, 11) is 1.36. The normalized spacial score (nSPS) is 37.1. The SMILES string of the molecule is C=C(C(=O)OC)[C@@H]1CC[C@@]2(C)CCCC(=C)[C@@]2(OO)C1. The molecule has 0 saturated heterocycles. The molecule has 0 aromatic carbocycles. The van der Waals surface area contributed by atoms with Crippen molar-refractivity contribution in [2.45, 2.75) is 51.0 Å². The summed E-state index contributed by atoms with van der Waals surface area (Å²) in [5.41, 5.74) is 0.509. The predicted molar refractivity (Wildman–Crippen MR) is 76.0 cm³/mol. The van der Waals surface area contributed by atoms with Gasteiger partial charge in [-0.1, -0.05) is 20.1 Å². The molecule has 0 amide bonds. The van der Waals surface area contributed by atoms with Crippen LogP contribution in [0.1, 0.15) is 45.4 Å². The summed E-state index contributed by atoms with van der Waals surface area (Å²) >= 11 is 0. The molecular formula is C16H24O4. The van der Waals surface area contributed by atoms with E-state index in [-0.39, 0.29) is 17.3 Å². The monoisotopic (exact) mass is 280 g/mol. The van der Waals surface area contributed by atoms with Gasteiger partial charge >= 0.3 is 5.97 Å². The maximum atomic E-state index is 11.7. The molecule has 0 radical (unpaired) electrons. The Bertz CT molecular complexity index is 442. The molecule has 0 heterocycles. The van der Waals surface area contributed by atoms with Gasteiger partial charge in [-0.05, 0) is 50.0 Å². The van der Waals surface area contributed by atoms with Crippen molar-refractivity contribution in [1.82, 2.24) is 0 Å². The first-order valence-corrected chi connectivity index (χ1v) is 7.18. The Hall–Kier alpha value is -1.13. The summed E-state index contributed by atoms with van der Waals surface area (Å²) in [6.07, 6.45) is 5.23. The van der Waals surface area contributed by atoms with E-state index in [1.807, 2.05) is 0 Å². The average molecular weight is 280 g/mol. The van der Waals surface area contributed by atoms with Crippen LogP contribution >= 0.6 is 0 Å². The maximum Gasteiger partial charge on any atom is 0.333 e. The van der Waals surface area contributed by atoms with E-state index >= 15 is 0 Å². The van der Waals surface area contributed by atoms with Crippen LogP contribution in [0.2, 0.25) is 0 Å². The quantitative estimate of drug-likeness (QED) is 0.283. The average Bonchev–Trinajstić information content (AvgIpc) is 2.45. The minimum atomic E-state index is -0.759. The Labute approximate surface area is 120 Å². The molecule has 0 aromatic rings. The zero-order valence-corrected chi connectivity index (χ0v) is 12.4. The number of fused-ring (bicyclic) bond motifs is 1. The number of rotatable bonds is 3. The fourth-order valence-corrected chi connectivity index (χ4v) is 3.99. The third kappa shape index (κ3) is 2.11. The Kier molecular flexibility index (Phi) is 4.07. The van der Waals surface area contributed by atoms with Gasteiger partial charge in [-0.3, -0.25) is 5.26 Å². The first-order valence-electron chi connectivity index (χ1n) is 7.18. The Morgan fingerprint density at radius 2 is 2.15 bits per heavy atom. The van der Waals surface area contributed by atoms with Crippen LogP contribution < -0.4 is 0 Å². The van der Waals surface area contributed by atoms with Crippen LogP contribution in [0.5, 0.6) is 0 Å². The van der Waals surface area contributed by atoms with Crippen molar-refractivity contribution in [2.24, 2.45) is 11.3 Å². The summed E-state index contributed by atoms with van der Waals surface area (Å²) in [5.74, 6) is -0.411. The van der Waals surface area contributed by atoms with Gasteiger partial charge < -0.3 is 4.74 Å². The van der Waals surface area contributed by atoms with E-state index in [1.54, 1.807) is 0 Å². The summed E-state index contributed by atoms with van der Waals surface area (Å²) in [4.78, 5) is 16.7. The molecule has 0 bridgehead atoms. The molecule has 2 aliphatic carbocycles. The molecule has 112 valence electrons. The van der Waals surface area contributed by atoms with Gasteiger partial charge in [0, 0.05) is 11.0 Å². The molecule has 1 N–H and O–H groups in total. The van der Waals surface area contributed by atoms with Crippen molar-refractivity contribution in [3.05, 3.63) is 24.3 Å². The third-order valence-electron chi connectivity index (χ3n) is 5.43. The lowest BCUT2D eigenvalue weighted by Crippen LogP contribution is -2.56. The van der Waals surface area contributed by atoms with Crippen molar-refractivity contribution in [2.75, 3.05) is 7.11 Å². The molecule has 4 nitrogen and oxygen atoms in total. The minimum absolute atomic E-state index is 0.0301. The highest BCUT2D eigenvalue weighted by atomic mass is 17.1. The summed E-state index contributed by atoms with van der Waals surface area (Å²) in [6, 6.07) is 0. The lowest BCUT2D eigenvalue weighted by molar-refractivity contribution is -0.354. The predicted octanol–water partition coefficient (Wildman–Crippen LogP) is 3.49. The Morgan fingerprint density at radius 3 is 2.75 bits per heavy atom. The van der Waals surface area contributed by atoms with E-state index in [0.29, 0.717) is 12.0 Å². The number of hydrogen-bond acceptors (Lipinski definition) is 4. The lowest BCUT2D eigenvalue weighted by atomic mass is 9.53. The fourth-order valence-electron chi connectivity index (χ4n) is 3.99. The summed E-state index contributed by atoms with van der Waals surface area (Å²) < 4.78 is 4.76. The van der Waals surface area contributed by atoms with Crippen LogP contribution in [0.4, 0.5) is 0 Å². The van der Waals surface area contributed by atoms with Crippen molar-refractivity contribution < 1.29 is 19.7 Å². The van der Waals surface area contributed by atoms with Crippen LogP contribution in [-0.4, -0.2) is 23.9 Å². The van der Waals surface area contributed by atoms with Crippen LogP contribution in [-0.2, 0) is 14.4 Å². The summed E-state index contributed by atoms with van der Waals surface area (Å²) in [5, 5.41) is 9.60. The maximum absolute atomic E-state index is 11.7. The van der Waals surface area contributed by atoms with Crippen molar-refractivity contribution in [3.63, 3.8) is 0 Å². The topological polar surface area (TPSA) is 55.8 Å². The first kappa shape index (κ1) is 15.3. The van der Waals surface area contributed by atoms with E-state index in [0.717, 1.165) is 37.7 Å². The molecule has 4 heteroatoms. The molecule has 2 rings (SSSR count). The van der Waals surface area contributed by atoms with E-state index in [9.17, 15) is 10.1 Å². The van der Waals surface area contributed by atoms with E-state index < -0.39 is 5.60 Å². The highest BCUT2D eigenvalue weighted by Gasteiger charge is 2.57. The number of esters is 1.